The monoisotopic (exact) mass is 316 g/mol. The number of sulfonamides is 1. The van der Waals surface area contributed by atoms with Gasteiger partial charge in [0.15, 0.2) is 0 Å². The highest BCUT2D eigenvalue weighted by molar-refractivity contribution is 7.89. The first-order valence-electron chi connectivity index (χ1n) is 7.40. The molecule has 0 saturated heterocycles. The summed E-state index contributed by atoms with van der Waals surface area (Å²) in [5, 5.41) is 3.21. The molecule has 1 rings (SSSR count). The zero-order chi connectivity index (χ0) is 16.3. The van der Waals surface area contributed by atoms with Gasteiger partial charge in [-0.15, -0.1) is 0 Å². The summed E-state index contributed by atoms with van der Waals surface area (Å²) >= 11 is 0. The molecule has 0 aliphatic rings. The molecule has 0 unspecified atom stereocenters. The molecule has 122 valence electrons. The molecule has 1 aromatic heterocycles. The van der Waals surface area contributed by atoms with Crippen LogP contribution >= 0.6 is 0 Å². The fourth-order valence-corrected chi connectivity index (χ4v) is 3.12. The van der Waals surface area contributed by atoms with Crippen LogP contribution in [0.5, 0.6) is 0 Å². The van der Waals surface area contributed by atoms with Crippen molar-refractivity contribution in [3.05, 3.63) is 17.6 Å². The lowest BCUT2D eigenvalue weighted by Gasteiger charge is -2.22. The molecular formula is C15H28N2O3S. The molecule has 1 heterocycles. The van der Waals surface area contributed by atoms with Crippen molar-refractivity contribution in [3.63, 3.8) is 0 Å². The summed E-state index contributed by atoms with van der Waals surface area (Å²) in [5.74, 6) is 1.06. The highest BCUT2D eigenvalue weighted by atomic mass is 32.2. The summed E-state index contributed by atoms with van der Waals surface area (Å²) in [6.45, 7) is 12.8. The van der Waals surface area contributed by atoms with Gasteiger partial charge in [-0.25, -0.2) is 13.1 Å². The van der Waals surface area contributed by atoms with Crippen LogP contribution in [0, 0.1) is 12.3 Å². The molecule has 0 radical (unpaired) electrons. The maximum atomic E-state index is 12.4. The summed E-state index contributed by atoms with van der Waals surface area (Å²) in [4.78, 5) is 0.231. The molecule has 1 aromatic rings. The van der Waals surface area contributed by atoms with E-state index < -0.39 is 10.0 Å². The van der Waals surface area contributed by atoms with Crippen molar-refractivity contribution in [2.24, 2.45) is 5.41 Å². The minimum atomic E-state index is -3.52. The molecule has 0 spiro atoms. The number of aryl methyl sites for hydroxylation is 1. The number of hydrogen-bond donors (Lipinski definition) is 2. The van der Waals surface area contributed by atoms with Crippen LogP contribution in [0.15, 0.2) is 15.4 Å². The van der Waals surface area contributed by atoms with Crippen LogP contribution in [0.2, 0.25) is 0 Å². The summed E-state index contributed by atoms with van der Waals surface area (Å²) in [7, 11) is -3.52. The Kier molecular flexibility index (Phi) is 6.01. The Bertz CT molecular complexity index is 559. The zero-order valence-corrected chi connectivity index (χ0v) is 14.7. The van der Waals surface area contributed by atoms with Crippen LogP contribution < -0.4 is 10.0 Å². The van der Waals surface area contributed by atoms with Gasteiger partial charge < -0.3 is 9.73 Å². The van der Waals surface area contributed by atoms with E-state index in [4.69, 9.17) is 4.42 Å². The van der Waals surface area contributed by atoms with E-state index in [1.165, 1.54) is 0 Å². The Morgan fingerprint density at radius 1 is 1.33 bits per heavy atom. The Morgan fingerprint density at radius 3 is 2.48 bits per heavy atom. The normalized spacial score (nSPS) is 13.1. The summed E-state index contributed by atoms with van der Waals surface area (Å²) < 4.78 is 33.0. The van der Waals surface area contributed by atoms with Crippen LogP contribution in [0.25, 0.3) is 0 Å². The molecule has 5 nitrogen and oxygen atoms in total. The first kappa shape index (κ1) is 18.2. The average Bonchev–Trinajstić information content (AvgIpc) is 2.76. The first-order valence-corrected chi connectivity index (χ1v) is 8.88. The van der Waals surface area contributed by atoms with E-state index in [-0.39, 0.29) is 10.3 Å². The average molecular weight is 316 g/mol. The number of rotatable bonds is 8. The van der Waals surface area contributed by atoms with E-state index >= 15 is 0 Å². The predicted octanol–water partition coefficient (Wildman–Crippen LogP) is 2.80. The highest BCUT2D eigenvalue weighted by Crippen LogP contribution is 2.22. The second-order valence-corrected chi connectivity index (χ2v) is 8.25. The van der Waals surface area contributed by atoms with E-state index in [1.54, 1.807) is 13.0 Å². The smallest absolute Gasteiger partial charge is 0.244 e. The molecule has 0 fully saturated rings. The Balaban J connectivity index is 2.84. The maximum Gasteiger partial charge on any atom is 0.244 e. The van der Waals surface area contributed by atoms with Gasteiger partial charge in [0.05, 0.1) is 6.54 Å². The summed E-state index contributed by atoms with van der Waals surface area (Å²) in [6.07, 6.45) is 0.906. The van der Waals surface area contributed by atoms with Crippen LogP contribution in [0.4, 0.5) is 0 Å². The molecule has 0 amide bonds. The third kappa shape index (κ3) is 5.45. The van der Waals surface area contributed by atoms with Gasteiger partial charge in [0.25, 0.3) is 0 Å². The maximum absolute atomic E-state index is 12.4. The minimum absolute atomic E-state index is 0.0628. The fourth-order valence-electron chi connectivity index (χ4n) is 1.68. The summed E-state index contributed by atoms with van der Waals surface area (Å²) in [5.41, 5.74) is -0.0628. The molecule has 0 saturated carbocycles. The Morgan fingerprint density at radius 2 is 1.95 bits per heavy atom. The van der Waals surface area contributed by atoms with Crippen molar-refractivity contribution in [2.75, 3.05) is 6.54 Å². The van der Waals surface area contributed by atoms with Crippen molar-refractivity contribution in [3.8, 4) is 0 Å². The van der Waals surface area contributed by atoms with Gasteiger partial charge in [-0.1, -0.05) is 34.6 Å². The van der Waals surface area contributed by atoms with Gasteiger partial charge in [-0.05, 0) is 18.8 Å². The number of hydrogen-bond acceptors (Lipinski definition) is 4. The standard InChI is InChI=1S/C15H28N2O3S/c1-7-15(5,6)10-17-21(18,19)14-8-13(20-12(14)4)9-16-11(2)3/h8,11,16-17H,7,9-10H2,1-6H3. The van der Waals surface area contributed by atoms with E-state index in [0.29, 0.717) is 30.7 Å². The topological polar surface area (TPSA) is 71.3 Å². The van der Waals surface area contributed by atoms with E-state index in [1.807, 2.05) is 34.6 Å². The van der Waals surface area contributed by atoms with Crippen LogP contribution in [-0.2, 0) is 16.6 Å². The molecule has 0 aliphatic heterocycles. The molecular weight excluding hydrogens is 288 g/mol. The molecule has 6 heteroatoms. The quantitative estimate of drug-likeness (QED) is 0.773. The second kappa shape index (κ2) is 6.94. The number of furan rings is 1. The van der Waals surface area contributed by atoms with Crippen molar-refractivity contribution in [2.45, 2.75) is 65.4 Å². The summed E-state index contributed by atoms with van der Waals surface area (Å²) in [6, 6.07) is 1.92. The Hall–Kier alpha value is -0.850. The third-order valence-electron chi connectivity index (χ3n) is 3.60. The second-order valence-electron chi connectivity index (χ2n) is 6.51. The molecule has 0 bridgehead atoms. The number of nitrogens with one attached hydrogen (secondary N) is 2. The Labute approximate surface area is 128 Å². The van der Waals surface area contributed by atoms with E-state index in [2.05, 4.69) is 10.0 Å². The van der Waals surface area contributed by atoms with Gasteiger partial charge in [-0.2, -0.15) is 0 Å². The zero-order valence-electron chi connectivity index (χ0n) is 13.9. The van der Waals surface area contributed by atoms with Crippen molar-refractivity contribution >= 4 is 10.0 Å². The van der Waals surface area contributed by atoms with Gasteiger partial charge in [0.1, 0.15) is 16.4 Å². The van der Waals surface area contributed by atoms with Crippen LogP contribution in [0.1, 0.15) is 52.6 Å². The lowest BCUT2D eigenvalue weighted by molar-refractivity contribution is 0.350. The van der Waals surface area contributed by atoms with Gasteiger partial charge in [-0.3, -0.25) is 0 Å². The molecule has 0 aromatic carbocycles. The van der Waals surface area contributed by atoms with Crippen molar-refractivity contribution in [1.82, 2.24) is 10.0 Å². The van der Waals surface area contributed by atoms with Gasteiger partial charge in [0.2, 0.25) is 10.0 Å². The van der Waals surface area contributed by atoms with Gasteiger partial charge >= 0.3 is 0 Å². The SMILES string of the molecule is CCC(C)(C)CNS(=O)(=O)c1cc(CNC(C)C)oc1C. The molecule has 2 N–H and O–H groups in total. The largest absolute Gasteiger partial charge is 0.464 e. The fraction of sp³-hybridized carbons (Fsp3) is 0.733. The van der Waals surface area contributed by atoms with Crippen molar-refractivity contribution in [1.29, 1.82) is 0 Å². The van der Waals surface area contributed by atoms with Crippen LogP contribution in [0.3, 0.4) is 0 Å². The lowest BCUT2D eigenvalue weighted by Crippen LogP contribution is -2.33. The van der Waals surface area contributed by atoms with E-state index in [0.717, 1.165) is 6.42 Å². The predicted molar refractivity (Wildman–Crippen MR) is 84.7 cm³/mol. The lowest BCUT2D eigenvalue weighted by atomic mass is 9.91. The third-order valence-corrected chi connectivity index (χ3v) is 5.10. The molecule has 21 heavy (non-hydrogen) atoms. The minimum Gasteiger partial charge on any atom is -0.464 e. The molecule has 0 aliphatic carbocycles. The first-order chi connectivity index (χ1) is 9.57. The van der Waals surface area contributed by atoms with Crippen LogP contribution in [-0.4, -0.2) is 21.0 Å². The molecule has 0 atom stereocenters. The van der Waals surface area contributed by atoms with Gasteiger partial charge in [0, 0.05) is 18.7 Å². The highest BCUT2D eigenvalue weighted by Gasteiger charge is 2.24. The van der Waals surface area contributed by atoms with E-state index in [9.17, 15) is 8.42 Å². The van der Waals surface area contributed by atoms with Crippen molar-refractivity contribution < 1.29 is 12.8 Å².